The molecule has 0 aliphatic heterocycles. The lowest BCUT2D eigenvalue weighted by atomic mass is 10.1. The molecule has 10 heteroatoms. The van der Waals surface area contributed by atoms with Crippen molar-refractivity contribution in [2.45, 2.75) is 38.6 Å². The standard InChI is InChI=1S/C33H31ClN4O4S/c1-20(2)19-43(41,42)26-14-8-10-23(16-26)28-18-35-22(4)31(37-28)32(39)36-21(3)29-17-24-11-9-15-27(34)30(24)33(40)38(29)25-12-6-5-7-13-25/h5-18,20-21H,19H2,1-4H3,(H,36,39)/t21-/m0/s1. The maximum absolute atomic E-state index is 13.7. The summed E-state index contributed by atoms with van der Waals surface area (Å²) in [4.78, 5) is 36.5. The van der Waals surface area contributed by atoms with Crippen LogP contribution in [0.25, 0.3) is 27.7 Å². The Labute approximate surface area is 255 Å². The number of hydrogen-bond acceptors (Lipinski definition) is 6. The van der Waals surface area contributed by atoms with E-state index < -0.39 is 21.8 Å². The van der Waals surface area contributed by atoms with Gasteiger partial charge in [-0.1, -0.05) is 67.9 Å². The molecule has 43 heavy (non-hydrogen) atoms. The Kier molecular flexibility index (Phi) is 8.48. The second kappa shape index (κ2) is 12.1. The average molecular weight is 615 g/mol. The van der Waals surface area contributed by atoms with E-state index in [4.69, 9.17) is 11.6 Å². The summed E-state index contributed by atoms with van der Waals surface area (Å²) >= 11 is 6.43. The van der Waals surface area contributed by atoms with E-state index in [0.717, 1.165) is 0 Å². The highest BCUT2D eigenvalue weighted by Crippen LogP contribution is 2.27. The predicted octanol–water partition coefficient (Wildman–Crippen LogP) is 6.33. The molecule has 2 heterocycles. The first-order valence-electron chi connectivity index (χ1n) is 13.8. The summed E-state index contributed by atoms with van der Waals surface area (Å²) in [7, 11) is -3.48. The molecule has 0 radical (unpaired) electrons. The fourth-order valence-corrected chi connectivity index (χ4v) is 6.95. The highest BCUT2D eigenvalue weighted by Gasteiger charge is 2.22. The number of sulfone groups is 1. The number of pyridine rings is 1. The Hall–Kier alpha value is -4.34. The molecule has 0 saturated heterocycles. The van der Waals surface area contributed by atoms with Gasteiger partial charge in [-0.3, -0.25) is 19.1 Å². The lowest BCUT2D eigenvalue weighted by Gasteiger charge is -2.21. The number of amides is 1. The molecule has 0 spiro atoms. The summed E-state index contributed by atoms with van der Waals surface area (Å²) in [6.45, 7) is 7.17. The fourth-order valence-electron chi connectivity index (χ4n) is 5.03. The van der Waals surface area contributed by atoms with Gasteiger partial charge in [-0.2, -0.15) is 0 Å². The van der Waals surface area contributed by atoms with E-state index in [9.17, 15) is 18.0 Å². The summed E-state index contributed by atoms with van der Waals surface area (Å²) in [5, 5.41) is 4.37. The summed E-state index contributed by atoms with van der Waals surface area (Å²) in [6, 6.07) is 22.1. The maximum Gasteiger partial charge on any atom is 0.272 e. The zero-order valence-corrected chi connectivity index (χ0v) is 25.8. The smallest absolute Gasteiger partial charge is 0.272 e. The van der Waals surface area contributed by atoms with Crippen LogP contribution in [0, 0.1) is 12.8 Å². The topological polar surface area (TPSA) is 111 Å². The van der Waals surface area contributed by atoms with E-state index in [1.165, 1.54) is 6.20 Å². The molecule has 0 fully saturated rings. The van der Waals surface area contributed by atoms with E-state index in [1.54, 1.807) is 54.8 Å². The van der Waals surface area contributed by atoms with Crippen LogP contribution in [0.2, 0.25) is 5.02 Å². The minimum absolute atomic E-state index is 0.0244. The molecule has 0 unspecified atom stereocenters. The minimum Gasteiger partial charge on any atom is -0.343 e. The highest BCUT2D eigenvalue weighted by molar-refractivity contribution is 7.91. The minimum atomic E-state index is -3.48. The van der Waals surface area contributed by atoms with Crippen molar-refractivity contribution in [3.05, 3.63) is 118 Å². The van der Waals surface area contributed by atoms with Crippen molar-refractivity contribution in [1.82, 2.24) is 19.9 Å². The molecule has 3 aromatic carbocycles. The summed E-state index contributed by atoms with van der Waals surface area (Å²) in [5.41, 5.74) is 2.30. The first-order valence-corrected chi connectivity index (χ1v) is 15.9. The van der Waals surface area contributed by atoms with Crippen LogP contribution in [0.5, 0.6) is 0 Å². The van der Waals surface area contributed by atoms with Gasteiger partial charge in [0.2, 0.25) is 0 Å². The third-order valence-electron chi connectivity index (χ3n) is 7.04. The lowest BCUT2D eigenvalue weighted by Crippen LogP contribution is -2.33. The molecule has 5 aromatic rings. The third kappa shape index (κ3) is 6.23. The van der Waals surface area contributed by atoms with Gasteiger partial charge in [-0.25, -0.2) is 13.4 Å². The second-order valence-corrected chi connectivity index (χ2v) is 13.3. The molecule has 5 rings (SSSR count). The van der Waals surface area contributed by atoms with Crippen molar-refractivity contribution in [2.24, 2.45) is 5.92 Å². The first-order chi connectivity index (χ1) is 20.5. The van der Waals surface area contributed by atoms with Crippen LogP contribution < -0.4 is 10.9 Å². The summed E-state index contributed by atoms with van der Waals surface area (Å²) in [5.74, 6) is -0.486. The quantitative estimate of drug-likeness (QED) is 0.219. The number of rotatable bonds is 8. The molecule has 0 aliphatic carbocycles. The Morgan fingerprint density at radius 1 is 0.977 bits per heavy atom. The van der Waals surface area contributed by atoms with E-state index in [0.29, 0.717) is 44.1 Å². The molecule has 0 aliphatic rings. The van der Waals surface area contributed by atoms with Crippen molar-refractivity contribution in [3.63, 3.8) is 0 Å². The second-order valence-electron chi connectivity index (χ2n) is 10.8. The van der Waals surface area contributed by atoms with E-state index in [2.05, 4.69) is 15.3 Å². The van der Waals surface area contributed by atoms with Gasteiger partial charge in [0.1, 0.15) is 5.69 Å². The van der Waals surface area contributed by atoms with E-state index in [-0.39, 0.29) is 27.8 Å². The van der Waals surface area contributed by atoms with Crippen LogP contribution in [-0.4, -0.2) is 34.6 Å². The molecular formula is C33H31ClN4O4S. The molecular weight excluding hydrogens is 584 g/mol. The van der Waals surface area contributed by atoms with Crippen LogP contribution in [0.15, 0.2) is 94.7 Å². The zero-order chi connectivity index (χ0) is 30.9. The van der Waals surface area contributed by atoms with Crippen molar-refractivity contribution in [3.8, 4) is 16.9 Å². The summed E-state index contributed by atoms with van der Waals surface area (Å²) in [6.07, 6.45) is 1.52. The number of aryl methyl sites for hydroxylation is 1. The van der Waals surface area contributed by atoms with Crippen molar-refractivity contribution in [1.29, 1.82) is 0 Å². The van der Waals surface area contributed by atoms with Gasteiger partial charge >= 0.3 is 0 Å². The van der Waals surface area contributed by atoms with Gasteiger partial charge in [-0.15, -0.1) is 0 Å². The van der Waals surface area contributed by atoms with Crippen LogP contribution in [0.3, 0.4) is 0 Å². The summed E-state index contributed by atoms with van der Waals surface area (Å²) < 4.78 is 27.2. The molecule has 220 valence electrons. The predicted molar refractivity (Wildman–Crippen MR) is 170 cm³/mol. The number of benzene rings is 3. The van der Waals surface area contributed by atoms with Crippen LogP contribution in [0.1, 0.15) is 48.7 Å². The Morgan fingerprint density at radius 3 is 2.42 bits per heavy atom. The number of carbonyl (C=O) groups excluding carboxylic acids is 1. The Bertz CT molecular complexity index is 2010. The molecule has 1 N–H and O–H groups in total. The van der Waals surface area contributed by atoms with E-state index >= 15 is 0 Å². The van der Waals surface area contributed by atoms with Gasteiger partial charge in [0.05, 0.1) is 44.7 Å². The highest BCUT2D eigenvalue weighted by atomic mass is 35.5. The van der Waals surface area contributed by atoms with Crippen LogP contribution in [0.4, 0.5) is 0 Å². The monoisotopic (exact) mass is 614 g/mol. The molecule has 1 atom stereocenters. The van der Waals surface area contributed by atoms with Crippen LogP contribution >= 0.6 is 11.6 Å². The van der Waals surface area contributed by atoms with Crippen molar-refractivity contribution >= 4 is 38.1 Å². The van der Waals surface area contributed by atoms with Gasteiger partial charge in [0.25, 0.3) is 11.5 Å². The Balaban J connectivity index is 1.52. The third-order valence-corrected chi connectivity index (χ3v) is 9.43. The number of fused-ring (bicyclic) bond motifs is 1. The molecule has 2 aromatic heterocycles. The average Bonchev–Trinajstić information content (AvgIpc) is 2.97. The maximum atomic E-state index is 13.7. The number of nitrogens with one attached hydrogen (secondary N) is 1. The zero-order valence-electron chi connectivity index (χ0n) is 24.2. The number of hydrogen-bond donors (Lipinski definition) is 1. The fraction of sp³-hybridized carbons (Fsp3) is 0.212. The molecule has 0 bridgehead atoms. The molecule has 1 amide bonds. The lowest BCUT2D eigenvalue weighted by molar-refractivity contribution is 0.0932. The van der Waals surface area contributed by atoms with Crippen molar-refractivity contribution in [2.75, 3.05) is 5.75 Å². The molecule has 0 saturated carbocycles. The van der Waals surface area contributed by atoms with E-state index in [1.807, 2.05) is 56.3 Å². The van der Waals surface area contributed by atoms with Gasteiger partial charge in [-0.05, 0) is 61.5 Å². The first kappa shape index (κ1) is 30.1. The van der Waals surface area contributed by atoms with Gasteiger partial charge < -0.3 is 5.32 Å². The van der Waals surface area contributed by atoms with Crippen LogP contribution in [-0.2, 0) is 9.84 Å². The van der Waals surface area contributed by atoms with Crippen molar-refractivity contribution < 1.29 is 13.2 Å². The Morgan fingerprint density at radius 2 is 1.70 bits per heavy atom. The number of carbonyl (C=O) groups is 1. The number of halogens is 1. The largest absolute Gasteiger partial charge is 0.343 e. The van der Waals surface area contributed by atoms with Gasteiger partial charge in [0.15, 0.2) is 9.84 Å². The normalized spacial score (nSPS) is 12.4. The van der Waals surface area contributed by atoms with Gasteiger partial charge in [0, 0.05) is 16.9 Å². The SMILES string of the molecule is Cc1ncc(-c2cccc(S(=O)(=O)CC(C)C)c2)nc1C(=O)N[C@@H](C)c1cc2cccc(Cl)c2c(=O)n1-c1ccccc1. The number of aromatic nitrogens is 3. The molecule has 8 nitrogen and oxygen atoms in total. The number of nitrogens with zero attached hydrogens (tertiary/aromatic N) is 3. The number of para-hydroxylation sites is 1.